The highest BCUT2D eigenvalue weighted by atomic mass is 16.4. The molecule has 1 saturated carbocycles. The molecule has 6 nitrogen and oxygen atoms in total. The molecule has 1 aliphatic heterocycles. The Bertz CT molecular complexity index is 683. The van der Waals surface area contributed by atoms with Crippen LogP contribution in [0.2, 0.25) is 0 Å². The maximum Gasteiger partial charge on any atom is 0.329 e. The van der Waals surface area contributed by atoms with Gasteiger partial charge in [-0.15, -0.1) is 0 Å². The number of carbonyl (C=O) groups excluding carboxylic acids is 2. The van der Waals surface area contributed by atoms with Gasteiger partial charge in [0, 0.05) is 13.1 Å². The van der Waals surface area contributed by atoms with Crippen LogP contribution in [0.3, 0.4) is 0 Å². The second-order valence-corrected chi connectivity index (χ2v) is 7.78. The van der Waals surface area contributed by atoms with Gasteiger partial charge in [-0.1, -0.05) is 49.6 Å². The first-order valence-corrected chi connectivity index (χ1v) is 9.87. The van der Waals surface area contributed by atoms with Crippen LogP contribution >= 0.6 is 0 Å². The first-order valence-electron chi connectivity index (χ1n) is 9.87. The molecule has 0 unspecified atom stereocenters. The van der Waals surface area contributed by atoms with Crippen LogP contribution in [0, 0.1) is 5.92 Å². The molecule has 0 spiro atoms. The van der Waals surface area contributed by atoms with E-state index in [0.29, 0.717) is 38.8 Å². The molecule has 1 aromatic rings. The number of likely N-dealkylation sites (tertiary alicyclic amines) is 1. The summed E-state index contributed by atoms with van der Waals surface area (Å²) in [4.78, 5) is 38.9. The lowest BCUT2D eigenvalue weighted by atomic mass is 9.81. The molecule has 0 aromatic heterocycles. The predicted molar refractivity (Wildman–Crippen MR) is 101 cm³/mol. The average molecular weight is 372 g/mol. The second-order valence-electron chi connectivity index (χ2n) is 7.78. The molecule has 3 rings (SSSR count). The van der Waals surface area contributed by atoms with Crippen molar-refractivity contribution in [2.45, 2.75) is 56.9 Å². The molecule has 6 heteroatoms. The molecule has 0 bridgehead atoms. The van der Waals surface area contributed by atoms with Crippen LogP contribution in [0.5, 0.6) is 0 Å². The lowest BCUT2D eigenvalue weighted by Gasteiger charge is -2.37. The van der Waals surface area contributed by atoms with Crippen LogP contribution in [0.1, 0.15) is 50.5 Å². The fraction of sp³-hybridized carbons (Fsp3) is 0.571. The average Bonchev–Trinajstić information content (AvgIpc) is 2.69. The minimum Gasteiger partial charge on any atom is -0.480 e. The summed E-state index contributed by atoms with van der Waals surface area (Å²) in [5, 5.41) is 12.5. The molecule has 146 valence electrons. The van der Waals surface area contributed by atoms with Gasteiger partial charge in [-0.3, -0.25) is 9.59 Å². The van der Waals surface area contributed by atoms with Crippen LogP contribution in [0.15, 0.2) is 30.3 Å². The van der Waals surface area contributed by atoms with Crippen molar-refractivity contribution in [1.29, 1.82) is 0 Å². The smallest absolute Gasteiger partial charge is 0.329 e. The van der Waals surface area contributed by atoms with Crippen molar-refractivity contribution in [3.05, 3.63) is 35.9 Å². The molecule has 2 fully saturated rings. The van der Waals surface area contributed by atoms with Gasteiger partial charge < -0.3 is 15.3 Å². The van der Waals surface area contributed by atoms with Crippen LogP contribution in [0.25, 0.3) is 0 Å². The van der Waals surface area contributed by atoms with Gasteiger partial charge in [0.05, 0.1) is 12.3 Å². The Morgan fingerprint density at radius 3 is 2.44 bits per heavy atom. The second kappa shape index (κ2) is 8.55. The molecule has 2 N–H and O–H groups in total. The van der Waals surface area contributed by atoms with Crippen molar-refractivity contribution in [2.75, 3.05) is 13.1 Å². The quantitative estimate of drug-likeness (QED) is 0.831. The number of carboxylic acids is 1. The van der Waals surface area contributed by atoms with Crippen LogP contribution < -0.4 is 5.32 Å². The van der Waals surface area contributed by atoms with E-state index in [1.165, 1.54) is 0 Å². The van der Waals surface area contributed by atoms with Crippen molar-refractivity contribution in [3.63, 3.8) is 0 Å². The number of hydrogen-bond donors (Lipinski definition) is 2. The van der Waals surface area contributed by atoms with E-state index in [4.69, 9.17) is 0 Å². The Balaban J connectivity index is 1.60. The Morgan fingerprint density at radius 2 is 1.78 bits per heavy atom. The van der Waals surface area contributed by atoms with E-state index in [1.807, 2.05) is 30.3 Å². The molecule has 0 radical (unpaired) electrons. The number of carbonyl (C=O) groups is 3. The number of hydrogen-bond acceptors (Lipinski definition) is 3. The van der Waals surface area contributed by atoms with E-state index in [-0.39, 0.29) is 17.7 Å². The van der Waals surface area contributed by atoms with Crippen LogP contribution in [-0.4, -0.2) is 46.4 Å². The van der Waals surface area contributed by atoms with E-state index in [0.717, 1.165) is 31.2 Å². The van der Waals surface area contributed by atoms with Crippen molar-refractivity contribution in [3.8, 4) is 0 Å². The minimum absolute atomic E-state index is 0.0179. The largest absolute Gasteiger partial charge is 0.480 e. The normalized spacial score (nSPS) is 22.1. The minimum atomic E-state index is -1.13. The molecule has 2 amide bonds. The van der Waals surface area contributed by atoms with Gasteiger partial charge in [0.25, 0.3) is 0 Å². The van der Waals surface area contributed by atoms with Gasteiger partial charge >= 0.3 is 5.97 Å². The third kappa shape index (κ3) is 4.67. The summed E-state index contributed by atoms with van der Waals surface area (Å²) in [5.74, 6) is -1.49. The standard InChI is InChI=1S/C21H28N2O4/c24-18(14-16-8-3-1-4-9-16)23-13-7-10-17(15-23)19(25)22-21(20(26)27)11-5-2-6-12-21/h1,3-4,8-9,17H,2,5-7,10-15H2,(H,22,25)(H,26,27)/t17-/m1/s1. The zero-order valence-corrected chi connectivity index (χ0v) is 15.7. The zero-order chi connectivity index (χ0) is 19.3. The third-order valence-corrected chi connectivity index (χ3v) is 5.82. The van der Waals surface area contributed by atoms with E-state index in [2.05, 4.69) is 5.32 Å². The molecule has 2 aliphatic rings. The lowest BCUT2D eigenvalue weighted by Crippen LogP contribution is -2.58. The molecule has 27 heavy (non-hydrogen) atoms. The Hall–Kier alpha value is -2.37. The lowest BCUT2D eigenvalue weighted by molar-refractivity contribution is -0.150. The van der Waals surface area contributed by atoms with E-state index in [9.17, 15) is 19.5 Å². The topological polar surface area (TPSA) is 86.7 Å². The van der Waals surface area contributed by atoms with E-state index < -0.39 is 11.5 Å². The highest BCUT2D eigenvalue weighted by Gasteiger charge is 2.42. The SMILES string of the molecule is O=C(NC1(C(=O)O)CCCCC1)[C@@H]1CCCN(C(=O)Cc2ccccc2)C1. The molecular weight excluding hydrogens is 344 g/mol. The number of nitrogens with zero attached hydrogens (tertiary/aromatic N) is 1. The number of carboxylic acid groups (broad SMARTS) is 1. The Labute approximate surface area is 159 Å². The first kappa shape index (κ1) is 19.4. The van der Waals surface area contributed by atoms with E-state index >= 15 is 0 Å². The summed E-state index contributed by atoms with van der Waals surface area (Å²) < 4.78 is 0. The van der Waals surface area contributed by atoms with Gasteiger partial charge in [-0.25, -0.2) is 4.79 Å². The summed E-state index contributed by atoms with van der Waals surface area (Å²) in [6.45, 7) is 1.02. The fourth-order valence-corrected chi connectivity index (χ4v) is 4.19. The summed E-state index contributed by atoms with van der Waals surface area (Å²) in [5.41, 5.74) is -0.174. The molecule has 1 atom stereocenters. The van der Waals surface area contributed by atoms with Gasteiger partial charge in [0.1, 0.15) is 5.54 Å². The highest BCUT2D eigenvalue weighted by molar-refractivity contribution is 5.89. The number of aliphatic carboxylic acids is 1. The van der Waals surface area contributed by atoms with Crippen molar-refractivity contribution in [1.82, 2.24) is 10.2 Å². The van der Waals surface area contributed by atoms with Gasteiger partial charge in [0.15, 0.2) is 0 Å². The van der Waals surface area contributed by atoms with Crippen LogP contribution in [0.4, 0.5) is 0 Å². The molecular formula is C21H28N2O4. The number of rotatable bonds is 5. The third-order valence-electron chi connectivity index (χ3n) is 5.82. The number of amides is 2. The zero-order valence-electron chi connectivity index (χ0n) is 15.7. The summed E-state index contributed by atoms with van der Waals surface area (Å²) >= 11 is 0. The first-order chi connectivity index (χ1) is 13.0. The number of benzene rings is 1. The molecule has 1 aliphatic carbocycles. The summed E-state index contributed by atoms with van der Waals surface area (Å²) in [7, 11) is 0. The number of piperidine rings is 1. The van der Waals surface area contributed by atoms with Gasteiger partial charge in [-0.2, -0.15) is 0 Å². The number of nitrogens with one attached hydrogen (secondary N) is 1. The molecule has 1 aromatic carbocycles. The predicted octanol–water partition coefficient (Wildman–Crippen LogP) is 2.37. The Kier molecular flexibility index (Phi) is 6.14. The van der Waals surface area contributed by atoms with Crippen molar-refractivity contribution in [2.24, 2.45) is 5.92 Å². The van der Waals surface area contributed by atoms with Crippen molar-refractivity contribution >= 4 is 17.8 Å². The fourth-order valence-electron chi connectivity index (χ4n) is 4.19. The van der Waals surface area contributed by atoms with Gasteiger partial charge in [0.2, 0.25) is 11.8 Å². The molecule has 1 heterocycles. The molecule has 1 saturated heterocycles. The maximum absolute atomic E-state index is 12.8. The summed E-state index contributed by atoms with van der Waals surface area (Å²) in [6, 6.07) is 9.57. The highest BCUT2D eigenvalue weighted by Crippen LogP contribution is 2.29. The monoisotopic (exact) mass is 372 g/mol. The van der Waals surface area contributed by atoms with Crippen molar-refractivity contribution < 1.29 is 19.5 Å². The summed E-state index contributed by atoms with van der Waals surface area (Å²) in [6.07, 6.45) is 5.40. The maximum atomic E-state index is 12.8. The van der Waals surface area contributed by atoms with E-state index in [1.54, 1.807) is 4.90 Å². The Morgan fingerprint density at radius 1 is 1.07 bits per heavy atom. The van der Waals surface area contributed by atoms with Crippen LogP contribution in [-0.2, 0) is 20.8 Å². The van der Waals surface area contributed by atoms with Gasteiger partial charge in [-0.05, 0) is 31.2 Å².